The molecule has 6 nitrogen and oxygen atoms in total. The molecule has 0 aromatic rings. The molecule has 1 N–H and O–H groups in total. The Morgan fingerprint density at radius 3 is 1.02 bits per heavy atom. The number of aliphatic hydroxyl groups excluding tert-OH is 1. The van der Waals surface area contributed by atoms with Crippen molar-refractivity contribution in [3.05, 3.63) is 0 Å². The third kappa shape index (κ3) is 35.0. The first-order valence-electron chi connectivity index (χ1n) is 23.7. The first kappa shape index (κ1) is 51.9. The molecule has 0 saturated heterocycles. The van der Waals surface area contributed by atoms with Gasteiger partial charge >= 0.3 is 11.9 Å². The van der Waals surface area contributed by atoms with E-state index in [0.29, 0.717) is 13.2 Å². The number of carbonyl (C=O) groups is 2. The highest BCUT2D eigenvalue weighted by Crippen LogP contribution is 2.22. The molecule has 316 valence electrons. The molecule has 2 unspecified atom stereocenters. The second kappa shape index (κ2) is 42.0. The Balaban J connectivity index is 4.16. The Kier molecular flexibility index (Phi) is 41.1. The molecule has 0 heterocycles. The minimum absolute atomic E-state index is 0.0470. The summed E-state index contributed by atoms with van der Waals surface area (Å²) in [5.41, 5.74) is 0. The summed E-state index contributed by atoms with van der Waals surface area (Å²) in [7, 11) is 0. The Labute approximate surface area is 331 Å². The lowest BCUT2D eigenvalue weighted by atomic mass is 9.94. The van der Waals surface area contributed by atoms with Crippen LogP contribution in [-0.2, 0) is 19.1 Å². The maximum absolute atomic E-state index is 12.9. The smallest absolute Gasteiger partial charge is 0.308 e. The normalized spacial score (nSPS) is 12.7. The van der Waals surface area contributed by atoms with Crippen LogP contribution >= 0.6 is 0 Å². The van der Waals surface area contributed by atoms with Crippen molar-refractivity contribution < 1.29 is 24.2 Å². The van der Waals surface area contributed by atoms with Crippen LogP contribution in [-0.4, -0.2) is 61.4 Å². The van der Waals surface area contributed by atoms with Crippen molar-refractivity contribution in [1.29, 1.82) is 0 Å². The molecule has 0 spiro atoms. The third-order valence-electron chi connectivity index (χ3n) is 11.2. The summed E-state index contributed by atoms with van der Waals surface area (Å²) in [5.74, 6) is 0.280. The molecule has 0 aromatic heterocycles. The fourth-order valence-electron chi connectivity index (χ4n) is 7.55. The maximum Gasteiger partial charge on any atom is 0.308 e. The zero-order valence-corrected chi connectivity index (χ0v) is 36.3. The van der Waals surface area contributed by atoms with Gasteiger partial charge in [0.15, 0.2) is 0 Å². The minimum Gasteiger partial charge on any atom is -0.465 e. The summed E-state index contributed by atoms with van der Waals surface area (Å²) in [6, 6.07) is 0. The molecule has 2 atom stereocenters. The number of esters is 2. The average Bonchev–Trinajstić information content (AvgIpc) is 3.16. The lowest BCUT2D eigenvalue weighted by Crippen LogP contribution is -2.29. The van der Waals surface area contributed by atoms with Crippen LogP contribution in [0.4, 0.5) is 0 Å². The van der Waals surface area contributed by atoms with Gasteiger partial charge in [-0.05, 0) is 64.5 Å². The Morgan fingerprint density at radius 2 is 0.679 bits per heavy atom. The molecule has 53 heavy (non-hydrogen) atoms. The molecule has 6 heteroatoms. The van der Waals surface area contributed by atoms with Gasteiger partial charge < -0.3 is 19.5 Å². The van der Waals surface area contributed by atoms with Gasteiger partial charge in [0.2, 0.25) is 0 Å². The van der Waals surface area contributed by atoms with Crippen molar-refractivity contribution in [2.45, 2.75) is 240 Å². The van der Waals surface area contributed by atoms with Crippen molar-refractivity contribution in [3.8, 4) is 0 Å². The second-order valence-electron chi connectivity index (χ2n) is 16.3. The van der Waals surface area contributed by atoms with Gasteiger partial charge in [-0.1, -0.05) is 188 Å². The van der Waals surface area contributed by atoms with E-state index in [2.05, 4.69) is 32.6 Å². The molecule has 0 saturated carbocycles. The molecule has 0 radical (unpaired) electrons. The molecule has 0 aromatic carbocycles. The van der Waals surface area contributed by atoms with Crippen LogP contribution < -0.4 is 0 Å². The van der Waals surface area contributed by atoms with E-state index >= 15 is 0 Å². The minimum atomic E-state index is 0.0470. The van der Waals surface area contributed by atoms with E-state index in [1.807, 2.05) is 0 Å². The molecule has 0 rings (SSSR count). The lowest BCUT2D eigenvalue weighted by Gasteiger charge is -2.21. The summed E-state index contributed by atoms with van der Waals surface area (Å²) >= 11 is 0. The van der Waals surface area contributed by atoms with Crippen LogP contribution in [0.3, 0.4) is 0 Å². The number of hydrogen-bond acceptors (Lipinski definition) is 6. The van der Waals surface area contributed by atoms with Gasteiger partial charge in [0, 0.05) is 6.54 Å². The van der Waals surface area contributed by atoms with Crippen LogP contribution in [0, 0.1) is 11.8 Å². The second-order valence-corrected chi connectivity index (χ2v) is 16.3. The summed E-state index contributed by atoms with van der Waals surface area (Å²) < 4.78 is 11.6. The molecular weight excluding hydrogens is 659 g/mol. The zero-order chi connectivity index (χ0) is 38.9. The van der Waals surface area contributed by atoms with E-state index in [0.717, 1.165) is 116 Å². The zero-order valence-electron chi connectivity index (χ0n) is 36.3. The fraction of sp³-hybridized carbons (Fsp3) is 0.957. The first-order valence-corrected chi connectivity index (χ1v) is 23.7. The average molecular weight is 752 g/mol. The van der Waals surface area contributed by atoms with E-state index in [1.165, 1.54) is 116 Å². The maximum atomic E-state index is 12.9. The highest BCUT2D eigenvalue weighted by Gasteiger charge is 2.20. The molecular formula is C47H93NO5. The topological polar surface area (TPSA) is 76.1 Å². The summed E-state index contributed by atoms with van der Waals surface area (Å²) in [5, 5.41) is 9.60. The van der Waals surface area contributed by atoms with E-state index in [1.54, 1.807) is 0 Å². The van der Waals surface area contributed by atoms with Gasteiger partial charge in [-0.3, -0.25) is 9.59 Å². The Morgan fingerprint density at radius 1 is 0.396 bits per heavy atom. The Hall–Kier alpha value is -1.14. The van der Waals surface area contributed by atoms with Crippen molar-refractivity contribution in [2.75, 3.05) is 39.5 Å². The monoisotopic (exact) mass is 752 g/mol. The van der Waals surface area contributed by atoms with Crippen molar-refractivity contribution in [1.82, 2.24) is 4.90 Å². The number of rotatable bonds is 43. The summed E-state index contributed by atoms with van der Waals surface area (Å²) in [4.78, 5) is 28.2. The first-order chi connectivity index (χ1) is 26.0. The van der Waals surface area contributed by atoms with Crippen molar-refractivity contribution in [3.63, 3.8) is 0 Å². The van der Waals surface area contributed by atoms with E-state index in [-0.39, 0.29) is 30.4 Å². The lowest BCUT2D eigenvalue weighted by molar-refractivity contribution is -0.150. The summed E-state index contributed by atoms with van der Waals surface area (Å²) in [6.07, 6.45) is 38.7. The van der Waals surface area contributed by atoms with Crippen LogP contribution in [0.1, 0.15) is 240 Å². The number of hydrogen-bond donors (Lipinski definition) is 1. The predicted molar refractivity (Wildman–Crippen MR) is 227 cm³/mol. The van der Waals surface area contributed by atoms with Crippen LogP contribution in [0.25, 0.3) is 0 Å². The fourth-order valence-corrected chi connectivity index (χ4v) is 7.55. The van der Waals surface area contributed by atoms with Crippen molar-refractivity contribution >= 4 is 11.9 Å². The number of aliphatic hydroxyl groups is 1. The van der Waals surface area contributed by atoms with Gasteiger partial charge in [0.1, 0.15) is 0 Å². The quantitative estimate of drug-likeness (QED) is 0.0494. The van der Waals surface area contributed by atoms with Crippen LogP contribution in [0.2, 0.25) is 0 Å². The van der Waals surface area contributed by atoms with Gasteiger partial charge in [0.25, 0.3) is 0 Å². The molecule has 0 aliphatic carbocycles. The highest BCUT2D eigenvalue weighted by molar-refractivity contribution is 5.72. The van der Waals surface area contributed by atoms with Crippen LogP contribution in [0.15, 0.2) is 0 Å². The Bertz CT molecular complexity index is 761. The van der Waals surface area contributed by atoms with Crippen LogP contribution in [0.5, 0.6) is 0 Å². The third-order valence-corrected chi connectivity index (χ3v) is 11.2. The summed E-state index contributed by atoms with van der Waals surface area (Å²) in [6.45, 7) is 13.1. The highest BCUT2D eigenvalue weighted by atomic mass is 16.5. The molecule has 0 amide bonds. The number of unbranched alkanes of at least 4 members (excludes halogenated alkanes) is 23. The SMILES string of the molecule is CCCCCCCCC(CCCCCC)C(=O)OCCCCCCCN(CCO)CCCCCCOC(=O)C(CCCCCC)CCCCCCCC. The van der Waals surface area contributed by atoms with Gasteiger partial charge in [0.05, 0.1) is 31.7 Å². The number of carbonyl (C=O) groups excluding carboxylic acids is 2. The largest absolute Gasteiger partial charge is 0.465 e. The van der Waals surface area contributed by atoms with E-state index in [4.69, 9.17) is 9.47 Å². The van der Waals surface area contributed by atoms with E-state index in [9.17, 15) is 14.7 Å². The van der Waals surface area contributed by atoms with Crippen molar-refractivity contribution in [2.24, 2.45) is 11.8 Å². The standard InChI is InChI=1S/C47H93NO5/c1-5-9-13-17-20-28-36-44(34-26-15-11-7-3)46(50)52-42-32-24-19-22-30-38-48(40-41-49)39-31-23-25-33-43-53-47(51)45(35-27-16-12-8-4)37-29-21-18-14-10-6-2/h44-45,49H,5-43H2,1-4H3. The van der Waals surface area contributed by atoms with Gasteiger partial charge in [-0.15, -0.1) is 0 Å². The molecule has 0 aliphatic heterocycles. The van der Waals surface area contributed by atoms with E-state index < -0.39 is 0 Å². The van der Waals surface area contributed by atoms with Gasteiger partial charge in [-0.25, -0.2) is 0 Å². The molecule has 0 aliphatic rings. The number of nitrogens with zero attached hydrogens (tertiary/aromatic N) is 1. The predicted octanol–water partition coefficient (Wildman–Crippen LogP) is 13.6. The molecule has 0 bridgehead atoms. The number of ether oxygens (including phenoxy) is 2. The molecule has 0 fully saturated rings. The van der Waals surface area contributed by atoms with Gasteiger partial charge in [-0.2, -0.15) is 0 Å².